The van der Waals surface area contributed by atoms with Crippen molar-refractivity contribution in [3.63, 3.8) is 0 Å². The number of carboxylic acids is 1. The van der Waals surface area contributed by atoms with Gasteiger partial charge in [0, 0.05) is 20.1 Å². The molecule has 0 saturated carbocycles. The fourth-order valence-electron chi connectivity index (χ4n) is 4.90. The van der Waals surface area contributed by atoms with E-state index in [-0.39, 0.29) is 55.4 Å². The van der Waals surface area contributed by atoms with Crippen LogP contribution in [-0.2, 0) is 14.4 Å². The highest BCUT2D eigenvalue weighted by atomic mass is 16.4. The van der Waals surface area contributed by atoms with Crippen LogP contribution < -0.4 is 27.4 Å². The number of aliphatic carboxylic acids is 1. The first-order chi connectivity index (χ1) is 19.9. The van der Waals surface area contributed by atoms with E-state index in [1.807, 2.05) is 38.1 Å². The second-order valence-electron chi connectivity index (χ2n) is 10.7. The van der Waals surface area contributed by atoms with Crippen LogP contribution in [0.1, 0.15) is 60.2 Å². The zero-order chi connectivity index (χ0) is 31.0. The van der Waals surface area contributed by atoms with Crippen molar-refractivity contribution in [1.29, 1.82) is 0 Å². The van der Waals surface area contributed by atoms with Gasteiger partial charge in [-0.15, -0.1) is 0 Å². The zero-order valence-electron chi connectivity index (χ0n) is 24.1. The predicted molar refractivity (Wildman–Crippen MR) is 158 cm³/mol. The standard InChI is InChI=1S/C29H39N7O6/c1-16(2)13-23(25(38)35-21(24(37)32-3)9-6-11-33-29(30)31)34-22(28(41)42)10-12-36-26(39)19-14-17-7-4-5-8-18(17)15-20(19)27(36)40/h4-5,7-8,14-16,21-23,34H,6,9-13H2,1-3H3,(H,32,37)(H,35,38)(H,41,42)(H4,30,31,33)/t21-,22+,23-/m0/s1. The second kappa shape index (κ2) is 14.4. The van der Waals surface area contributed by atoms with Crippen LogP contribution >= 0.6 is 0 Å². The van der Waals surface area contributed by atoms with Gasteiger partial charge in [-0.2, -0.15) is 0 Å². The van der Waals surface area contributed by atoms with Gasteiger partial charge in [0.1, 0.15) is 12.1 Å². The smallest absolute Gasteiger partial charge is 0.320 e. The molecule has 4 amide bonds. The number of nitrogens with zero attached hydrogens (tertiary/aromatic N) is 2. The third-order valence-electron chi connectivity index (χ3n) is 7.03. The van der Waals surface area contributed by atoms with E-state index < -0.39 is 47.7 Å². The highest BCUT2D eigenvalue weighted by Gasteiger charge is 2.37. The zero-order valence-corrected chi connectivity index (χ0v) is 24.1. The Bertz CT molecular complexity index is 1320. The molecule has 1 aliphatic rings. The van der Waals surface area contributed by atoms with Gasteiger partial charge in [0.2, 0.25) is 11.8 Å². The van der Waals surface area contributed by atoms with Crippen LogP contribution in [0.4, 0.5) is 0 Å². The van der Waals surface area contributed by atoms with Crippen LogP contribution in [0.3, 0.4) is 0 Å². The van der Waals surface area contributed by atoms with Crippen molar-refractivity contribution in [2.45, 2.75) is 57.7 Å². The summed E-state index contributed by atoms with van der Waals surface area (Å²) in [5.74, 6) is -3.24. The molecule has 226 valence electrons. The Morgan fingerprint density at radius 3 is 2.02 bits per heavy atom. The molecule has 0 bridgehead atoms. The summed E-state index contributed by atoms with van der Waals surface area (Å²) in [6, 6.07) is 7.62. The van der Waals surface area contributed by atoms with Gasteiger partial charge in [0.15, 0.2) is 5.96 Å². The quantitative estimate of drug-likeness (QED) is 0.0750. The first-order valence-electron chi connectivity index (χ1n) is 13.9. The topological polar surface area (TPSA) is 209 Å². The van der Waals surface area contributed by atoms with Gasteiger partial charge in [0.25, 0.3) is 11.8 Å². The average Bonchev–Trinajstić information content (AvgIpc) is 3.17. The summed E-state index contributed by atoms with van der Waals surface area (Å²) in [6.45, 7) is 3.88. The van der Waals surface area contributed by atoms with Gasteiger partial charge < -0.3 is 27.2 Å². The Hall–Kier alpha value is -4.52. The van der Waals surface area contributed by atoms with E-state index in [1.165, 1.54) is 7.05 Å². The third kappa shape index (κ3) is 8.03. The molecule has 1 heterocycles. The molecule has 0 spiro atoms. The molecule has 3 atom stereocenters. The van der Waals surface area contributed by atoms with Crippen LogP contribution in [0, 0.1) is 5.92 Å². The highest BCUT2D eigenvalue weighted by molar-refractivity contribution is 6.23. The van der Waals surface area contributed by atoms with Crippen LogP contribution in [0.25, 0.3) is 10.8 Å². The van der Waals surface area contributed by atoms with Crippen molar-refractivity contribution in [2.24, 2.45) is 22.4 Å². The maximum absolute atomic E-state index is 13.3. The summed E-state index contributed by atoms with van der Waals surface area (Å²) in [5.41, 5.74) is 11.2. The number of amides is 4. The Morgan fingerprint density at radius 2 is 1.52 bits per heavy atom. The van der Waals surface area contributed by atoms with E-state index in [4.69, 9.17) is 11.5 Å². The second-order valence-corrected chi connectivity index (χ2v) is 10.7. The van der Waals surface area contributed by atoms with Crippen molar-refractivity contribution in [1.82, 2.24) is 20.9 Å². The normalized spacial score (nSPS) is 14.8. The van der Waals surface area contributed by atoms with Crippen LogP contribution in [0.2, 0.25) is 0 Å². The molecular weight excluding hydrogens is 542 g/mol. The number of aliphatic imine (C=N–C) groups is 1. The third-order valence-corrected chi connectivity index (χ3v) is 7.03. The van der Waals surface area contributed by atoms with E-state index in [0.29, 0.717) is 6.42 Å². The van der Waals surface area contributed by atoms with Crippen LogP contribution in [-0.4, -0.2) is 83.8 Å². The summed E-state index contributed by atoms with van der Waals surface area (Å²) in [4.78, 5) is 69.0. The molecule has 2 aromatic rings. The number of nitrogens with one attached hydrogen (secondary N) is 3. The number of fused-ring (bicyclic) bond motifs is 2. The molecule has 13 nitrogen and oxygen atoms in total. The first-order valence-corrected chi connectivity index (χ1v) is 13.9. The molecular formula is C29H39N7O6. The number of hydrogen-bond acceptors (Lipinski definition) is 7. The lowest BCUT2D eigenvalue weighted by Gasteiger charge is -2.27. The highest BCUT2D eigenvalue weighted by Crippen LogP contribution is 2.28. The number of benzene rings is 2. The van der Waals surface area contributed by atoms with Gasteiger partial charge in [-0.3, -0.25) is 39.2 Å². The largest absolute Gasteiger partial charge is 0.480 e. The molecule has 8 N–H and O–H groups in total. The maximum atomic E-state index is 13.3. The van der Waals surface area contributed by atoms with Crippen molar-refractivity contribution < 1.29 is 29.1 Å². The number of carbonyl (C=O) groups is 5. The molecule has 0 unspecified atom stereocenters. The SMILES string of the molecule is CNC(=O)[C@H](CCCN=C(N)N)NC(=O)[C@H](CC(C)C)N[C@H](CCN1C(=O)c2cc3ccccc3cc2C1=O)C(=O)O. The summed E-state index contributed by atoms with van der Waals surface area (Å²) in [6.07, 6.45) is 0.836. The monoisotopic (exact) mass is 581 g/mol. The predicted octanol–water partition coefficient (Wildman–Crippen LogP) is 0.568. The number of carbonyl (C=O) groups excluding carboxylic acids is 4. The van der Waals surface area contributed by atoms with E-state index in [9.17, 15) is 29.1 Å². The lowest BCUT2D eigenvalue weighted by Crippen LogP contribution is -2.56. The minimum atomic E-state index is -1.25. The van der Waals surface area contributed by atoms with Gasteiger partial charge in [0.05, 0.1) is 17.2 Å². The van der Waals surface area contributed by atoms with Crippen molar-refractivity contribution in [3.05, 3.63) is 47.5 Å². The minimum absolute atomic E-state index is 0.00776. The maximum Gasteiger partial charge on any atom is 0.320 e. The van der Waals surface area contributed by atoms with Gasteiger partial charge in [-0.25, -0.2) is 0 Å². The van der Waals surface area contributed by atoms with Gasteiger partial charge in [-0.05, 0) is 54.5 Å². The van der Waals surface area contributed by atoms with Crippen LogP contribution in [0.15, 0.2) is 41.4 Å². The molecule has 0 aliphatic carbocycles. The molecule has 3 rings (SSSR count). The van der Waals surface area contributed by atoms with Crippen molar-refractivity contribution in [2.75, 3.05) is 20.1 Å². The Kier molecular flexibility index (Phi) is 11.0. The Labute approximate surface area is 244 Å². The van der Waals surface area contributed by atoms with E-state index in [0.717, 1.165) is 15.7 Å². The number of hydrogen-bond donors (Lipinski definition) is 6. The number of imide groups is 1. The number of carboxylic acid groups (broad SMARTS) is 1. The van der Waals surface area contributed by atoms with Crippen molar-refractivity contribution in [3.8, 4) is 0 Å². The summed E-state index contributed by atoms with van der Waals surface area (Å²) in [5, 5.41) is 19.7. The number of nitrogens with two attached hydrogens (primary N) is 2. The fourth-order valence-corrected chi connectivity index (χ4v) is 4.90. The Morgan fingerprint density at radius 1 is 0.929 bits per heavy atom. The molecule has 1 aliphatic heterocycles. The molecule has 42 heavy (non-hydrogen) atoms. The lowest BCUT2D eigenvalue weighted by molar-refractivity contribution is -0.140. The lowest BCUT2D eigenvalue weighted by atomic mass is 10.0. The minimum Gasteiger partial charge on any atom is -0.480 e. The molecule has 13 heteroatoms. The summed E-state index contributed by atoms with van der Waals surface area (Å²) < 4.78 is 0. The molecule has 0 radical (unpaired) electrons. The van der Waals surface area contributed by atoms with E-state index in [1.54, 1.807) is 12.1 Å². The summed E-state index contributed by atoms with van der Waals surface area (Å²) >= 11 is 0. The Balaban J connectivity index is 1.70. The number of likely N-dealkylation sites (N-methyl/N-ethyl adjacent to an activating group) is 1. The van der Waals surface area contributed by atoms with Gasteiger partial charge in [-0.1, -0.05) is 38.1 Å². The number of guanidine groups is 1. The number of rotatable bonds is 15. The molecule has 0 saturated heterocycles. The average molecular weight is 582 g/mol. The fraction of sp³-hybridized carbons (Fsp3) is 0.448. The molecule has 0 fully saturated rings. The first kappa shape index (κ1) is 32.0. The molecule has 0 aromatic heterocycles. The van der Waals surface area contributed by atoms with E-state index >= 15 is 0 Å². The van der Waals surface area contributed by atoms with E-state index in [2.05, 4.69) is 20.9 Å². The summed E-state index contributed by atoms with van der Waals surface area (Å²) in [7, 11) is 1.45. The van der Waals surface area contributed by atoms with Gasteiger partial charge >= 0.3 is 5.97 Å². The van der Waals surface area contributed by atoms with Crippen LogP contribution in [0.5, 0.6) is 0 Å². The van der Waals surface area contributed by atoms with Crippen molar-refractivity contribution >= 4 is 46.3 Å². The molecule has 2 aromatic carbocycles.